The van der Waals surface area contributed by atoms with Gasteiger partial charge in [-0.2, -0.15) is 5.10 Å². The molecule has 0 saturated heterocycles. The molecule has 2 heterocycles. The van der Waals surface area contributed by atoms with Crippen LogP contribution in [-0.4, -0.2) is 32.4 Å². The number of carboxylic acid groups (broad SMARTS) is 1. The number of carboxylic acids is 1. The number of aromatic nitrogens is 3. The molecule has 0 bridgehead atoms. The van der Waals surface area contributed by atoms with Gasteiger partial charge in [0.25, 0.3) is 0 Å². The average Bonchev–Trinajstić information content (AvgIpc) is 2.82. The third kappa shape index (κ3) is 2.58. The molecule has 0 aliphatic heterocycles. The Morgan fingerprint density at radius 3 is 2.85 bits per heavy atom. The van der Waals surface area contributed by atoms with E-state index in [9.17, 15) is 4.79 Å². The highest BCUT2D eigenvalue weighted by Crippen LogP contribution is 2.32. The Hall–Kier alpha value is -1.38. The average molecular weight is 387 g/mol. The first-order valence-electron chi connectivity index (χ1n) is 6.53. The number of ether oxygens (including phenoxy) is 1. The summed E-state index contributed by atoms with van der Waals surface area (Å²) in [7, 11) is 0. The van der Waals surface area contributed by atoms with E-state index in [2.05, 4.69) is 37.8 Å². The lowest BCUT2D eigenvalue weighted by Gasteiger charge is -2.26. The fourth-order valence-corrected chi connectivity index (χ4v) is 3.23. The molecule has 1 aliphatic rings. The molecule has 20 heavy (non-hydrogen) atoms. The standard InChI is InChI=1S/C13H14IN3O3/c14-11-10-9(5-6-15-12(10)17-16-11)20-8-3-1-7(2-4-8)13(18)19/h5-8H,1-4H2,(H,18,19)(H,15,16,17). The third-order valence-electron chi connectivity index (χ3n) is 3.70. The van der Waals surface area contributed by atoms with Crippen molar-refractivity contribution in [3.05, 3.63) is 16.0 Å². The van der Waals surface area contributed by atoms with Crippen molar-refractivity contribution in [1.82, 2.24) is 15.2 Å². The molecule has 106 valence electrons. The van der Waals surface area contributed by atoms with Gasteiger partial charge in [0, 0.05) is 6.20 Å². The molecule has 2 aromatic rings. The van der Waals surface area contributed by atoms with E-state index in [1.165, 1.54) is 0 Å². The van der Waals surface area contributed by atoms with Crippen LogP contribution in [0.2, 0.25) is 0 Å². The topological polar surface area (TPSA) is 88.1 Å². The molecule has 0 unspecified atom stereocenters. The highest BCUT2D eigenvalue weighted by Gasteiger charge is 2.27. The summed E-state index contributed by atoms with van der Waals surface area (Å²) in [4.78, 5) is 15.2. The normalized spacial score (nSPS) is 22.9. The van der Waals surface area contributed by atoms with Crippen LogP contribution in [0.5, 0.6) is 5.75 Å². The second-order valence-corrected chi connectivity index (χ2v) is 6.00. The molecule has 3 rings (SSSR count). The van der Waals surface area contributed by atoms with Crippen LogP contribution < -0.4 is 4.74 Å². The Morgan fingerprint density at radius 2 is 2.15 bits per heavy atom. The highest BCUT2D eigenvalue weighted by molar-refractivity contribution is 14.1. The smallest absolute Gasteiger partial charge is 0.306 e. The van der Waals surface area contributed by atoms with Gasteiger partial charge in [0.2, 0.25) is 0 Å². The summed E-state index contributed by atoms with van der Waals surface area (Å²) in [6.45, 7) is 0. The van der Waals surface area contributed by atoms with Crippen molar-refractivity contribution in [1.29, 1.82) is 0 Å². The van der Waals surface area contributed by atoms with E-state index in [1.54, 1.807) is 6.20 Å². The number of aliphatic carboxylic acids is 1. The van der Waals surface area contributed by atoms with Crippen LogP contribution in [0.1, 0.15) is 25.7 Å². The Bertz CT molecular complexity index is 635. The second kappa shape index (κ2) is 5.55. The molecule has 1 saturated carbocycles. The van der Waals surface area contributed by atoms with E-state index in [-0.39, 0.29) is 12.0 Å². The number of nitrogens with zero attached hydrogens (tertiary/aromatic N) is 2. The van der Waals surface area contributed by atoms with Crippen LogP contribution >= 0.6 is 22.6 Å². The lowest BCUT2D eigenvalue weighted by Crippen LogP contribution is -2.27. The van der Waals surface area contributed by atoms with Crippen molar-refractivity contribution >= 4 is 39.6 Å². The summed E-state index contributed by atoms with van der Waals surface area (Å²) < 4.78 is 6.87. The highest BCUT2D eigenvalue weighted by atomic mass is 127. The fraction of sp³-hybridized carbons (Fsp3) is 0.462. The monoisotopic (exact) mass is 387 g/mol. The number of hydrogen-bond donors (Lipinski definition) is 2. The molecule has 2 N–H and O–H groups in total. The van der Waals surface area contributed by atoms with Crippen molar-refractivity contribution in [2.24, 2.45) is 5.92 Å². The van der Waals surface area contributed by atoms with Gasteiger partial charge in [0.05, 0.1) is 17.4 Å². The Morgan fingerprint density at radius 1 is 1.40 bits per heavy atom. The predicted molar refractivity (Wildman–Crippen MR) is 80.6 cm³/mol. The first kappa shape index (κ1) is 13.6. The molecule has 0 spiro atoms. The first-order chi connectivity index (χ1) is 9.65. The van der Waals surface area contributed by atoms with Crippen LogP contribution in [-0.2, 0) is 4.79 Å². The minimum Gasteiger partial charge on any atom is -0.490 e. The van der Waals surface area contributed by atoms with E-state index >= 15 is 0 Å². The molecule has 0 atom stereocenters. The first-order valence-corrected chi connectivity index (χ1v) is 7.61. The lowest BCUT2D eigenvalue weighted by molar-refractivity contribution is -0.143. The quantitative estimate of drug-likeness (QED) is 0.791. The van der Waals surface area contributed by atoms with Gasteiger partial charge in [-0.1, -0.05) is 0 Å². The number of hydrogen-bond acceptors (Lipinski definition) is 4. The molecule has 0 amide bonds. The summed E-state index contributed by atoms with van der Waals surface area (Å²) in [6, 6.07) is 1.84. The predicted octanol–water partition coefficient (Wildman–Crippen LogP) is 2.58. The van der Waals surface area contributed by atoms with Gasteiger partial charge in [-0.15, -0.1) is 0 Å². The molecular formula is C13H14IN3O3. The number of H-pyrrole nitrogens is 1. The largest absolute Gasteiger partial charge is 0.490 e. The van der Waals surface area contributed by atoms with Crippen LogP contribution in [0, 0.1) is 9.62 Å². The minimum absolute atomic E-state index is 0.0712. The number of aromatic amines is 1. The summed E-state index contributed by atoms with van der Waals surface area (Å²) >= 11 is 2.14. The Kier molecular flexibility index (Phi) is 3.77. The van der Waals surface area contributed by atoms with Gasteiger partial charge in [-0.05, 0) is 54.3 Å². The molecule has 2 aromatic heterocycles. The maximum atomic E-state index is 10.9. The Labute approximate surface area is 129 Å². The van der Waals surface area contributed by atoms with Crippen LogP contribution in [0.3, 0.4) is 0 Å². The van der Waals surface area contributed by atoms with Crippen LogP contribution in [0.15, 0.2) is 12.3 Å². The van der Waals surface area contributed by atoms with Crippen molar-refractivity contribution < 1.29 is 14.6 Å². The number of fused-ring (bicyclic) bond motifs is 1. The maximum Gasteiger partial charge on any atom is 0.306 e. The molecule has 0 radical (unpaired) electrons. The van der Waals surface area contributed by atoms with E-state index < -0.39 is 5.97 Å². The zero-order chi connectivity index (χ0) is 14.1. The fourth-order valence-electron chi connectivity index (χ4n) is 2.59. The number of carbonyl (C=O) groups is 1. The molecule has 0 aromatic carbocycles. The van der Waals surface area contributed by atoms with Gasteiger partial charge >= 0.3 is 5.97 Å². The zero-order valence-corrected chi connectivity index (χ0v) is 12.8. The Balaban J connectivity index is 1.74. The molecule has 6 nitrogen and oxygen atoms in total. The molecular weight excluding hydrogens is 373 g/mol. The van der Waals surface area contributed by atoms with E-state index in [0.29, 0.717) is 18.5 Å². The van der Waals surface area contributed by atoms with Gasteiger partial charge in [0.1, 0.15) is 9.45 Å². The summed E-state index contributed by atoms with van der Waals surface area (Å²) in [5, 5.41) is 16.9. The number of halogens is 1. The number of pyridine rings is 1. The van der Waals surface area contributed by atoms with Crippen molar-refractivity contribution in [3.63, 3.8) is 0 Å². The molecule has 1 aliphatic carbocycles. The minimum atomic E-state index is -0.695. The van der Waals surface area contributed by atoms with Crippen molar-refractivity contribution in [2.45, 2.75) is 31.8 Å². The van der Waals surface area contributed by atoms with E-state index in [4.69, 9.17) is 9.84 Å². The summed E-state index contributed by atoms with van der Waals surface area (Å²) in [5.74, 6) is -0.146. The SMILES string of the molecule is O=C(O)C1CCC(Oc2ccnc3[nH]nc(I)c23)CC1. The molecule has 1 fully saturated rings. The van der Waals surface area contributed by atoms with Crippen LogP contribution in [0.25, 0.3) is 11.0 Å². The van der Waals surface area contributed by atoms with Gasteiger partial charge in [-0.25, -0.2) is 4.98 Å². The van der Waals surface area contributed by atoms with Gasteiger partial charge in [0.15, 0.2) is 5.65 Å². The van der Waals surface area contributed by atoms with Gasteiger partial charge < -0.3 is 9.84 Å². The third-order valence-corrected chi connectivity index (χ3v) is 4.48. The number of nitrogens with one attached hydrogen (secondary N) is 1. The zero-order valence-electron chi connectivity index (χ0n) is 10.7. The van der Waals surface area contributed by atoms with Crippen molar-refractivity contribution in [3.8, 4) is 5.75 Å². The van der Waals surface area contributed by atoms with E-state index in [0.717, 1.165) is 27.7 Å². The maximum absolute atomic E-state index is 10.9. The van der Waals surface area contributed by atoms with Gasteiger partial charge in [-0.3, -0.25) is 9.89 Å². The lowest BCUT2D eigenvalue weighted by atomic mass is 9.87. The molecule has 7 heteroatoms. The number of rotatable bonds is 3. The summed E-state index contributed by atoms with van der Waals surface area (Å²) in [5.41, 5.74) is 0.714. The summed E-state index contributed by atoms with van der Waals surface area (Å²) in [6.07, 6.45) is 4.66. The van der Waals surface area contributed by atoms with Crippen molar-refractivity contribution in [2.75, 3.05) is 0 Å². The second-order valence-electron chi connectivity index (χ2n) is 4.98. The van der Waals surface area contributed by atoms with E-state index in [1.807, 2.05) is 6.07 Å². The van der Waals surface area contributed by atoms with Crippen LogP contribution in [0.4, 0.5) is 0 Å².